The van der Waals surface area contributed by atoms with Crippen LogP contribution in [0, 0.1) is 11.6 Å². The van der Waals surface area contributed by atoms with Gasteiger partial charge in [0.25, 0.3) is 0 Å². The van der Waals surface area contributed by atoms with Gasteiger partial charge in [0.1, 0.15) is 29.5 Å². The number of aliphatic carboxylic acids is 1. The molecular formula is C10H11F2NO3. The first-order valence-electron chi connectivity index (χ1n) is 4.42. The molecule has 0 aliphatic heterocycles. The van der Waals surface area contributed by atoms with Crippen LogP contribution < -0.4 is 10.5 Å². The summed E-state index contributed by atoms with van der Waals surface area (Å²) in [5, 5.41) is 8.68. The van der Waals surface area contributed by atoms with Gasteiger partial charge in [-0.1, -0.05) is 0 Å². The van der Waals surface area contributed by atoms with Crippen LogP contribution in [0.5, 0.6) is 5.75 Å². The third-order valence-electron chi connectivity index (χ3n) is 1.86. The Balaban J connectivity index is 2.71. The summed E-state index contributed by atoms with van der Waals surface area (Å²) in [6.45, 7) is 0.857. The van der Waals surface area contributed by atoms with E-state index in [1.807, 2.05) is 0 Å². The fourth-order valence-electron chi connectivity index (χ4n) is 0.907. The molecule has 0 spiro atoms. The highest BCUT2D eigenvalue weighted by Gasteiger charge is 2.28. The number of benzene rings is 1. The summed E-state index contributed by atoms with van der Waals surface area (Å²) < 4.78 is 30.4. The number of halogens is 2. The van der Waals surface area contributed by atoms with Crippen LogP contribution in [-0.2, 0) is 4.79 Å². The summed E-state index contributed by atoms with van der Waals surface area (Å²) in [5.74, 6) is -2.96. The van der Waals surface area contributed by atoms with Gasteiger partial charge in [-0.05, 0) is 6.92 Å². The van der Waals surface area contributed by atoms with E-state index in [-0.39, 0.29) is 12.4 Å². The molecule has 4 nitrogen and oxygen atoms in total. The maximum absolute atomic E-state index is 12.7. The monoisotopic (exact) mass is 231 g/mol. The number of rotatable bonds is 4. The van der Waals surface area contributed by atoms with Gasteiger partial charge >= 0.3 is 5.97 Å². The van der Waals surface area contributed by atoms with Crippen LogP contribution in [0.2, 0.25) is 0 Å². The molecule has 3 N–H and O–H groups in total. The van der Waals surface area contributed by atoms with Crippen molar-refractivity contribution in [2.45, 2.75) is 12.5 Å². The molecule has 1 rings (SSSR count). The molecule has 0 aromatic heterocycles. The molecule has 88 valence electrons. The lowest BCUT2D eigenvalue weighted by molar-refractivity contribution is -0.143. The van der Waals surface area contributed by atoms with Crippen molar-refractivity contribution < 1.29 is 23.4 Å². The highest BCUT2D eigenvalue weighted by atomic mass is 19.1. The largest absolute Gasteiger partial charge is 0.491 e. The van der Waals surface area contributed by atoms with Gasteiger partial charge in [-0.2, -0.15) is 0 Å². The van der Waals surface area contributed by atoms with Crippen molar-refractivity contribution >= 4 is 5.97 Å². The molecule has 0 saturated heterocycles. The van der Waals surface area contributed by atoms with E-state index >= 15 is 0 Å². The molecule has 0 saturated carbocycles. The Bertz CT molecular complexity index is 387. The minimum atomic E-state index is -1.61. The molecule has 0 fully saturated rings. The molecule has 6 heteroatoms. The average molecular weight is 231 g/mol. The molecule has 16 heavy (non-hydrogen) atoms. The van der Waals surface area contributed by atoms with Crippen LogP contribution in [0.4, 0.5) is 8.78 Å². The molecule has 0 amide bonds. The zero-order valence-electron chi connectivity index (χ0n) is 8.54. The SMILES string of the molecule is CC(N)(COc1cc(F)cc(F)c1)C(=O)O. The minimum absolute atomic E-state index is 0.101. The number of nitrogens with two attached hydrogens (primary N) is 1. The third kappa shape index (κ3) is 3.16. The van der Waals surface area contributed by atoms with Crippen LogP contribution in [0.1, 0.15) is 6.92 Å². The Hall–Kier alpha value is -1.69. The first-order chi connectivity index (χ1) is 7.31. The molecule has 0 bridgehead atoms. The topological polar surface area (TPSA) is 72.5 Å². The van der Waals surface area contributed by atoms with E-state index in [4.69, 9.17) is 15.6 Å². The van der Waals surface area contributed by atoms with Gasteiger partial charge in [0, 0.05) is 18.2 Å². The lowest BCUT2D eigenvalue weighted by atomic mass is 10.1. The van der Waals surface area contributed by atoms with E-state index in [0.717, 1.165) is 12.1 Å². The lowest BCUT2D eigenvalue weighted by Crippen LogP contribution is -2.49. The van der Waals surface area contributed by atoms with Crippen LogP contribution in [-0.4, -0.2) is 23.2 Å². The van der Waals surface area contributed by atoms with Crippen molar-refractivity contribution in [1.29, 1.82) is 0 Å². The number of hydrogen-bond donors (Lipinski definition) is 2. The standard InChI is InChI=1S/C10H11F2NO3/c1-10(13,9(14)15)5-16-8-3-6(11)2-7(12)4-8/h2-4H,5,13H2,1H3,(H,14,15). The Morgan fingerprint density at radius 2 is 1.94 bits per heavy atom. The van der Waals surface area contributed by atoms with Crippen molar-refractivity contribution in [2.75, 3.05) is 6.61 Å². The molecule has 1 aromatic rings. The molecule has 1 unspecified atom stereocenters. The summed E-state index contributed by atoms with van der Waals surface area (Å²) in [7, 11) is 0. The maximum atomic E-state index is 12.7. The average Bonchev–Trinajstić information content (AvgIpc) is 2.13. The summed E-state index contributed by atoms with van der Waals surface area (Å²) in [6, 6.07) is 2.58. The second-order valence-electron chi connectivity index (χ2n) is 3.62. The molecule has 0 aliphatic rings. The van der Waals surface area contributed by atoms with Gasteiger partial charge in [-0.15, -0.1) is 0 Å². The van der Waals surface area contributed by atoms with Gasteiger partial charge in [-0.25, -0.2) is 8.78 Å². The predicted octanol–water partition coefficient (Wildman–Crippen LogP) is 1.15. The minimum Gasteiger partial charge on any atom is -0.491 e. The van der Waals surface area contributed by atoms with Crippen molar-refractivity contribution in [1.82, 2.24) is 0 Å². The van der Waals surface area contributed by atoms with E-state index < -0.39 is 23.1 Å². The van der Waals surface area contributed by atoms with Crippen LogP contribution in [0.15, 0.2) is 18.2 Å². The normalized spacial score (nSPS) is 14.2. The van der Waals surface area contributed by atoms with Crippen LogP contribution in [0.25, 0.3) is 0 Å². The number of carbonyl (C=O) groups is 1. The molecule has 1 atom stereocenters. The lowest BCUT2D eigenvalue weighted by Gasteiger charge is -2.19. The number of carboxylic acid groups (broad SMARTS) is 1. The van der Waals surface area contributed by atoms with Crippen molar-refractivity contribution in [3.8, 4) is 5.75 Å². The van der Waals surface area contributed by atoms with E-state index in [2.05, 4.69) is 0 Å². The van der Waals surface area contributed by atoms with Crippen molar-refractivity contribution in [2.24, 2.45) is 5.73 Å². The van der Waals surface area contributed by atoms with Gasteiger partial charge in [0.2, 0.25) is 0 Å². The molecular weight excluding hydrogens is 220 g/mol. The van der Waals surface area contributed by atoms with E-state index in [1.165, 1.54) is 6.92 Å². The van der Waals surface area contributed by atoms with Crippen LogP contribution in [0.3, 0.4) is 0 Å². The zero-order valence-corrected chi connectivity index (χ0v) is 8.54. The second-order valence-corrected chi connectivity index (χ2v) is 3.62. The van der Waals surface area contributed by atoms with E-state index in [0.29, 0.717) is 6.07 Å². The molecule has 0 radical (unpaired) electrons. The second kappa shape index (κ2) is 4.44. The smallest absolute Gasteiger partial charge is 0.326 e. The third-order valence-corrected chi connectivity index (χ3v) is 1.86. The van der Waals surface area contributed by atoms with Gasteiger partial charge in [0.05, 0.1) is 0 Å². The summed E-state index contributed by atoms with van der Waals surface area (Å²) in [6.07, 6.45) is 0. The van der Waals surface area contributed by atoms with E-state index in [1.54, 1.807) is 0 Å². The highest BCUT2D eigenvalue weighted by Crippen LogP contribution is 2.16. The zero-order chi connectivity index (χ0) is 12.3. The Morgan fingerprint density at radius 1 is 1.44 bits per heavy atom. The predicted molar refractivity (Wildman–Crippen MR) is 52.1 cm³/mol. The van der Waals surface area contributed by atoms with Gasteiger partial charge in [-0.3, -0.25) is 4.79 Å². The fraction of sp³-hybridized carbons (Fsp3) is 0.300. The fourth-order valence-corrected chi connectivity index (χ4v) is 0.907. The first kappa shape index (κ1) is 12.4. The Labute approximate surface area is 90.6 Å². The highest BCUT2D eigenvalue weighted by molar-refractivity contribution is 5.78. The number of hydrogen-bond acceptors (Lipinski definition) is 3. The molecule has 1 aromatic carbocycles. The summed E-state index contributed by atoms with van der Waals surface area (Å²) >= 11 is 0. The molecule has 0 aliphatic carbocycles. The Kier molecular flexibility index (Phi) is 3.44. The number of carboxylic acids is 1. The van der Waals surface area contributed by atoms with Crippen molar-refractivity contribution in [3.63, 3.8) is 0 Å². The van der Waals surface area contributed by atoms with Gasteiger partial charge in [0.15, 0.2) is 0 Å². The number of ether oxygens (including phenoxy) is 1. The van der Waals surface area contributed by atoms with Gasteiger partial charge < -0.3 is 15.6 Å². The summed E-state index contributed by atoms with van der Waals surface area (Å²) in [5.41, 5.74) is 3.76. The quantitative estimate of drug-likeness (QED) is 0.815. The Morgan fingerprint density at radius 3 is 2.38 bits per heavy atom. The maximum Gasteiger partial charge on any atom is 0.326 e. The summed E-state index contributed by atoms with van der Waals surface area (Å²) in [4.78, 5) is 10.6. The van der Waals surface area contributed by atoms with E-state index in [9.17, 15) is 13.6 Å². The van der Waals surface area contributed by atoms with Crippen molar-refractivity contribution in [3.05, 3.63) is 29.8 Å². The molecule has 0 heterocycles. The van der Waals surface area contributed by atoms with Crippen LogP contribution >= 0.6 is 0 Å². The first-order valence-corrected chi connectivity index (χ1v) is 4.42.